The molecule has 0 saturated carbocycles. The lowest BCUT2D eigenvalue weighted by atomic mass is 10.1. The molecule has 0 amide bonds. The van der Waals surface area contributed by atoms with Crippen molar-refractivity contribution < 1.29 is 9.90 Å². The number of nitrogens with one attached hydrogen (secondary N) is 1. The molecule has 0 unspecified atom stereocenters. The zero-order chi connectivity index (χ0) is 10.8. The number of rotatable bonds is 8. The maximum absolute atomic E-state index is 10.4. The average molecular weight is 199 g/mol. The molecule has 0 aliphatic heterocycles. The Labute approximate surface area is 86.2 Å². The third-order valence-electron chi connectivity index (χ3n) is 2.08. The highest BCUT2D eigenvalue weighted by atomic mass is 16.4. The lowest BCUT2D eigenvalue weighted by Gasteiger charge is -2.01. The van der Waals surface area contributed by atoms with Gasteiger partial charge in [-0.3, -0.25) is 0 Å². The largest absolute Gasteiger partial charge is 0.478 e. The summed E-state index contributed by atoms with van der Waals surface area (Å²) >= 11 is 0. The van der Waals surface area contributed by atoms with Crippen molar-refractivity contribution in [3.05, 3.63) is 11.8 Å². The van der Waals surface area contributed by atoms with Gasteiger partial charge in [0.05, 0.1) is 0 Å². The maximum Gasteiger partial charge on any atom is 0.332 e. The molecule has 0 bridgehead atoms. The normalized spacial score (nSPS) is 11.4. The molecule has 0 atom stereocenters. The number of carboxylic acid groups (broad SMARTS) is 1. The first kappa shape index (κ1) is 13.0. The van der Waals surface area contributed by atoms with Gasteiger partial charge in [-0.05, 0) is 13.3 Å². The molecule has 0 radical (unpaired) electrons. The predicted octanol–water partition coefficient (Wildman–Crippen LogP) is 2.53. The number of hydrogen-bond acceptors (Lipinski definition) is 2. The summed E-state index contributed by atoms with van der Waals surface area (Å²) in [5.74, 6) is -0.858. The Morgan fingerprint density at radius 3 is 2.50 bits per heavy atom. The van der Waals surface area contributed by atoms with Crippen LogP contribution in [0.2, 0.25) is 0 Å². The standard InChI is InChI=1S/C11H21NO2/c1-3-4-5-6-7-8-12-9-10(2)11(13)14/h9,12H,3-8H2,1-2H3,(H,13,14)/b10-9+. The molecule has 0 heterocycles. The van der Waals surface area contributed by atoms with Crippen molar-refractivity contribution in [2.24, 2.45) is 0 Å². The first-order valence-corrected chi connectivity index (χ1v) is 5.32. The number of carboxylic acids is 1. The smallest absolute Gasteiger partial charge is 0.332 e. The summed E-state index contributed by atoms with van der Waals surface area (Å²) < 4.78 is 0. The van der Waals surface area contributed by atoms with Gasteiger partial charge >= 0.3 is 5.97 Å². The van der Waals surface area contributed by atoms with Crippen LogP contribution in [0, 0.1) is 0 Å². The van der Waals surface area contributed by atoms with E-state index in [0.29, 0.717) is 5.57 Å². The Morgan fingerprint density at radius 1 is 1.29 bits per heavy atom. The van der Waals surface area contributed by atoms with E-state index >= 15 is 0 Å². The number of carbonyl (C=O) groups is 1. The van der Waals surface area contributed by atoms with Crippen LogP contribution in [0.15, 0.2) is 11.8 Å². The minimum absolute atomic E-state index is 0.360. The highest BCUT2D eigenvalue weighted by molar-refractivity contribution is 5.85. The molecular weight excluding hydrogens is 178 g/mol. The van der Waals surface area contributed by atoms with Crippen LogP contribution in [0.5, 0.6) is 0 Å². The van der Waals surface area contributed by atoms with Gasteiger partial charge in [-0.1, -0.05) is 32.6 Å². The molecule has 0 aliphatic carbocycles. The van der Waals surface area contributed by atoms with Gasteiger partial charge in [0.1, 0.15) is 0 Å². The van der Waals surface area contributed by atoms with Crippen molar-refractivity contribution in [1.29, 1.82) is 0 Å². The molecule has 82 valence electrons. The van der Waals surface area contributed by atoms with E-state index < -0.39 is 5.97 Å². The van der Waals surface area contributed by atoms with Gasteiger partial charge < -0.3 is 10.4 Å². The van der Waals surface area contributed by atoms with Crippen LogP contribution in [0.3, 0.4) is 0 Å². The predicted molar refractivity (Wildman–Crippen MR) is 58.2 cm³/mol. The summed E-state index contributed by atoms with van der Waals surface area (Å²) in [7, 11) is 0. The van der Waals surface area contributed by atoms with Crippen LogP contribution >= 0.6 is 0 Å². The van der Waals surface area contributed by atoms with E-state index in [-0.39, 0.29) is 0 Å². The molecule has 0 spiro atoms. The van der Waals surface area contributed by atoms with Gasteiger partial charge in [-0.2, -0.15) is 0 Å². The molecule has 2 N–H and O–H groups in total. The third kappa shape index (κ3) is 7.65. The molecule has 0 saturated heterocycles. The Morgan fingerprint density at radius 2 is 1.93 bits per heavy atom. The van der Waals surface area contributed by atoms with Crippen molar-refractivity contribution in [3.63, 3.8) is 0 Å². The summed E-state index contributed by atoms with van der Waals surface area (Å²) in [6, 6.07) is 0. The van der Waals surface area contributed by atoms with Crippen LogP contribution in [0.25, 0.3) is 0 Å². The summed E-state index contributed by atoms with van der Waals surface area (Å²) in [4.78, 5) is 10.4. The topological polar surface area (TPSA) is 49.3 Å². The van der Waals surface area contributed by atoms with Gasteiger partial charge in [-0.25, -0.2) is 4.79 Å². The Balaban J connectivity index is 3.29. The highest BCUT2D eigenvalue weighted by Crippen LogP contribution is 2.01. The van der Waals surface area contributed by atoms with Crippen molar-refractivity contribution in [2.45, 2.75) is 46.0 Å². The fraction of sp³-hybridized carbons (Fsp3) is 0.727. The second kappa shape index (κ2) is 8.60. The van der Waals surface area contributed by atoms with Gasteiger partial charge in [0.15, 0.2) is 0 Å². The van der Waals surface area contributed by atoms with E-state index in [1.807, 2.05) is 0 Å². The molecule has 0 aliphatic rings. The molecule has 0 aromatic rings. The fourth-order valence-corrected chi connectivity index (χ4v) is 1.12. The molecule has 0 aromatic carbocycles. The van der Waals surface area contributed by atoms with Crippen LogP contribution in [0.4, 0.5) is 0 Å². The van der Waals surface area contributed by atoms with Crippen molar-refractivity contribution in [2.75, 3.05) is 6.54 Å². The molecule has 3 heteroatoms. The molecule has 0 rings (SSSR count). The van der Waals surface area contributed by atoms with Gasteiger partial charge in [-0.15, -0.1) is 0 Å². The van der Waals surface area contributed by atoms with Gasteiger partial charge in [0.25, 0.3) is 0 Å². The monoisotopic (exact) mass is 199 g/mol. The molecule has 14 heavy (non-hydrogen) atoms. The Kier molecular flexibility index (Phi) is 7.99. The summed E-state index contributed by atoms with van der Waals surface area (Å²) in [5, 5.41) is 11.5. The van der Waals surface area contributed by atoms with Crippen LogP contribution in [0.1, 0.15) is 46.0 Å². The van der Waals surface area contributed by atoms with Crippen molar-refractivity contribution in [3.8, 4) is 0 Å². The zero-order valence-electron chi connectivity index (χ0n) is 9.18. The van der Waals surface area contributed by atoms with E-state index in [2.05, 4.69) is 12.2 Å². The average Bonchev–Trinajstić information content (AvgIpc) is 2.16. The summed E-state index contributed by atoms with van der Waals surface area (Å²) in [5.41, 5.74) is 0.360. The minimum Gasteiger partial charge on any atom is -0.478 e. The SMILES string of the molecule is CCCCCCCN/C=C(\C)C(=O)O. The van der Waals surface area contributed by atoms with Gasteiger partial charge in [0, 0.05) is 18.3 Å². The lowest BCUT2D eigenvalue weighted by molar-refractivity contribution is -0.132. The molecule has 0 aromatic heterocycles. The second-order valence-corrected chi connectivity index (χ2v) is 3.50. The third-order valence-corrected chi connectivity index (χ3v) is 2.08. The van der Waals surface area contributed by atoms with Crippen molar-refractivity contribution >= 4 is 5.97 Å². The van der Waals surface area contributed by atoms with E-state index in [1.54, 1.807) is 13.1 Å². The van der Waals surface area contributed by atoms with E-state index in [1.165, 1.54) is 25.7 Å². The first-order valence-electron chi connectivity index (χ1n) is 5.32. The first-order chi connectivity index (χ1) is 6.68. The lowest BCUT2D eigenvalue weighted by Crippen LogP contribution is -2.10. The molecule has 3 nitrogen and oxygen atoms in total. The van der Waals surface area contributed by atoms with Crippen LogP contribution in [-0.2, 0) is 4.79 Å². The molecule has 0 fully saturated rings. The van der Waals surface area contributed by atoms with Crippen LogP contribution in [-0.4, -0.2) is 17.6 Å². The highest BCUT2D eigenvalue weighted by Gasteiger charge is 1.97. The maximum atomic E-state index is 10.4. The quantitative estimate of drug-likeness (QED) is 0.466. The van der Waals surface area contributed by atoms with E-state index in [4.69, 9.17) is 5.11 Å². The zero-order valence-corrected chi connectivity index (χ0v) is 9.18. The Bertz CT molecular complexity index is 188. The number of aliphatic carboxylic acids is 1. The van der Waals surface area contributed by atoms with E-state index in [9.17, 15) is 4.79 Å². The summed E-state index contributed by atoms with van der Waals surface area (Å²) in [6.45, 7) is 4.65. The Hall–Kier alpha value is -0.990. The van der Waals surface area contributed by atoms with Crippen LogP contribution < -0.4 is 5.32 Å². The minimum atomic E-state index is -0.858. The summed E-state index contributed by atoms with van der Waals surface area (Å²) in [6.07, 6.45) is 7.74. The number of unbranched alkanes of at least 4 members (excludes halogenated alkanes) is 4. The number of hydrogen-bond donors (Lipinski definition) is 2. The van der Waals surface area contributed by atoms with Gasteiger partial charge in [0.2, 0.25) is 0 Å². The second-order valence-electron chi connectivity index (χ2n) is 3.50. The van der Waals surface area contributed by atoms with Crippen molar-refractivity contribution in [1.82, 2.24) is 5.32 Å². The molecular formula is C11H21NO2. The van der Waals surface area contributed by atoms with E-state index in [0.717, 1.165) is 13.0 Å². The fourth-order valence-electron chi connectivity index (χ4n) is 1.12.